The minimum Gasteiger partial charge on any atom is -0.494 e. The van der Waals surface area contributed by atoms with Gasteiger partial charge in [0.25, 0.3) is 0 Å². The molecular formula is C27H30N2O6S. The first-order valence-corrected chi connectivity index (χ1v) is 13.2. The van der Waals surface area contributed by atoms with E-state index in [4.69, 9.17) is 9.47 Å². The van der Waals surface area contributed by atoms with Gasteiger partial charge >= 0.3 is 12.1 Å². The molecule has 3 N–H and O–H groups in total. The lowest BCUT2D eigenvalue weighted by atomic mass is 9.92. The first-order chi connectivity index (χ1) is 17.3. The first-order valence-electron chi connectivity index (χ1n) is 12.3. The van der Waals surface area contributed by atoms with E-state index in [1.165, 1.54) is 11.1 Å². The Hall–Kier alpha value is -3.33. The normalized spacial score (nSPS) is 17.2. The number of carbonyl (C=O) groups excluding carboxylic acids is 1. The zero-order chi connectivity index (χ0) is 25.6. The van der Waals surface area contributed by atoms with Crippen molar-refractivity contribution in [2.45, 2.75) is 57.9 Å². The lowest BCUT2D eigenvalue weighted by molar-refractivity contribution is 0.0695. The summed E-state index contributed by atoms with van der Waals surface area (Å²) >= 11 is 1.69. The molecule has 1 amide bonds. The molecule has 1 aromatic carbocycles. The molecule has 2 heterocycles. The maximum absolute atomic E-state index is 13.0. The average molecular weight is 511 g/mol. The third-order valence-electron chi connectivity index (χ3n) is 6.81. The van der Waals surface area contributed by atoms with Crippen LogP contribution in [0.2, 0.25) is 0 Å². The molecule has 0 bridgehead atoms. The van der Waals surface area contributed by atoms with Crippen molar-refractivity contribution in [3.05, 3.63) is 50.1 Å². The smallest absolute Gasteiger partial charge is 0.407 e. The zero-order valence-corrected chi connectivity index (χ0v) is 21.4. The zero-order valence-electron chi connectivity index (χ0n) is 20.6. The van der Waals surface area contributed by atoms with Crippen LogP contribution in [0, 0.1) is 5.92 Å². The number of aryl methyl sites for hydroxylation is 1. The highest BCUT2D eigenvalue weighted by molar-refractivity contribution is 7.15. The van der Waals surface area contributed by atoms with E-state index in [9.17, 15) is 19.5 Å². The predicted octanol–water partition coefficient (Wildman–Crippen LogP) is 5.60. The number of fused-ring (bicyclic) bond motifs is 2. The highest BCUT2D eigenvalue weighted by Gasteiger charge is 2.33. The van der Waals surface area contributed by atoms with Crippen molar-refractivity contribution in [3.8, 4) is 16.2 Å². The third kappa shape index (κ3) is 4.48. The number of aromatic amines is 1. The molecule has 1 fully saturated rings. The summed E-state index contributed by atoms with van der Waals surface area (Å²) in [4.78, 5) is 42.2. The molecule has 1 atom stereocenters. The second kappa shape index (κ2) is 9.61. The van der Waals surface area contributed by atoms with E-state index < -0.39 is 17.5 Å². The summed E-state index contributed by atoms with van der Waals surface area (Å²) in [6.07, 6.45) is 5.60. The lowest BCUT2D eigenvalue weighted by Gasteiger charge is -2.23. The molecule has 9 heteroatoms. The number of nitrogens with one attached hydrogen (secondary N) is 2. The Morgan fingerprint density at radius 3 is 2.67 bits per heavy atom. The second-order valence-electron chi connectivity index (χ2n) is 9.98. The highest BCUT2D eigenvalue weighted by atomic mass is 32.1. The molecule has 0 spiro atoms. The number of methoxy groups -OCH3 is 1. The molecule has 0 saturated heterocycles. The molecule has 190 valence electrons. The summed E-state index contributed by atoms with van der Waals surface area (Å²) in [6, 6.07) is 3.85. The van der Waals surface area contributed by atoms with Crippen molar-refractivity contribution in [2.24, 2.45) is 5.92 Å². The van der Waals surface area contributed by atoms with Crippen molar-refractivity contribution in [1.29, 1.82) is 0 Å². The maximum atomic E-state index is 13.0. The quantitative estimate of drug-likeness (QED) is 0.381. The van der Waals surface area contributed by atoms with Crippen LogP contribution in [0.15, 0.2) is 23.1 Å². The number of pyridine rings is 1. The summed E-state index contributed by atoms with van der Waals surface area (Å²) < 4.78 is 11.2. The molecule has 1 unspecified atom stereocenters. The minimum absolute atomic E-state index is 0.118. The van der Waals surface area contributed by atoms with E-state index in [2.05, 4.69) is 16.4 Å². The fraction of sp³-hybridized carbons (Fsp3) is 0.444. The molecule has 8 nitrogen and oxygen atoms in total. The summed E-state index contributed by atoms with van der Waals surface area (Å²) in [6.45, 7) is 4.38. The third-order valence-corrected chi connectivity index (χ3v) is 8.04. The van der Waals surface area contributed by atoms with E-state index >= 15 is 0 Å². The molecule has 3 aromatic rings. The molecule has 1 saturated carbocycles. The lowest BCUT2D eigenvalue weighted by Crippen LogP contribution is -2.31. The molecule has 36 heavy (non-hydrogen) atoms. The summed E-state index contributed by atoms with van der Waals surface area (Å²) in [5, 5.41) is 12.8. The number of ether oxygens (including phenoxy) is 2. The molecule has 0 aliphatic heterocycles. The van der Waals surface area contributed by atoms with Gasteiger partial charge in [0.1, 0.15) is 5.56 Å². The van der Waals surface area contributed by atoms with Gasteiger partial charge in [-0.3, -0.25) is 4.79 Å². The standard InChI is InChI=1S/C27H30N2O6S/c1-13(2)12-35-27(33)29-19-5-4-6-20-16(19)10-21(36-20)22-15(14-7-8-14)9-17-23(25(22)34-3)28-11-18(24(17)30)26(31)32/h9-11,13-14,19H,4-8,12H2,1-3H3,(H,28,30)(H,29,33)(H,31,32). The van der Waals surface area contributed by atoms with Gasteiger partial charge in [-0.2, -0.15) is 0 Å². The number of hydrogen-bond donors (Lipinski definition) is 3. The van der Waals surface area contributed by atoms with Crippen LogP contribution >= 0.6 is 11.3 Å². The molecular weight excluding hydrogens is 480 g/mol. The van der Waals surface area contributed by atoms with Crippen LogP contribution in [-0.4, -0.2) is 35.9 Å². The number of amides is 1. The number of benzene rings is 1. The Balaban J connectivity index is 1.60. The van der Waals surface area contributed by atoms with Gasteiger partial charge in [0.05, 0.1) is 30.7 Å². The van der Waals surface area contributed by atoms with Crippen LogP contribution in [0.25, 0.3) is 21.3 Å². The Labute approximate surface area is 212 Å². The van der Waals surface area contributed by atoms with Crippen molar-refractivity contribution in [2.75, 3.05) is 13.7 Å². The SMILES string of the molecule is COc1c(-c2cc3c(s2)CCCC3NC(=O)OCC(C)C)c(C2CC2)cc2c(=O)c(C(=O)O)c[nH]c12. The number of aromatic nitrogens is 1. The van der Waals surface area contributed by atoms with Gasteiger partial charge in [0, 0.05) is 21.5 Å². The van der Waals surface area contributed by atoms with Gasteiger partial charge < -0.3 is 24.9 Å². The van der Waals surface area contributed by atoms with E-state index in [-0.39, 0.29) is 17.5 Å². The second-order valence-corrected chi connectivity index (χ2v) is 11.1. The van der Waals surface area contributed by atoms with Crippen molar-refractivity contribution in [1.82, 2.24) is 10.3 Å². The van der Waals surface area contributed by atoms with Crippen molar-refractivity contribution < 1.29 is 24.2 Å². The molecule has 2 aromatic heterocycles. The van der Waals surface area contributed by atoms with Gasteiger partial charge in [-0.15, -0.1) is 11.3 Å². The number of carboxylic acid groups (broad SMARTS) is 1. The molecule has 5 rings (SSSR count). The number of thiophene rings is 1. The topological polar surface area (TPSA) is 118 Å². The van der Waals surface area contributed by atoms with Gasteiger partial charge in [-0.1, -0.05) is 13.8 Å². The van der Waals surface area contributed by atoms with Crippen molar-refractivity contribution in [3.63, 3.8) is 0 Å². The highest BCUT2D eigenvalue weighted by Crippen LogP contribution is 2.52. The van der Waals surface area contributed by atoms with E-state index in [1.54, 1.807) is 18.4 Å². The number of rotatable bonds is 7. The van der Waals surface area contributed by atoms with Crippen LogP contribution in [0.5, 0.6) is 5.75 Å². The molecule has 2 aliphatic carbocycles. The van der Waals surface area contributed by atoms with Gasteiger partial charge in [-0.05, 0) is 67.2 Å². The Bertz CT molecular complexity index is 1400. The van der Waals surface area contributed by atoms with Crippen LogP contribution in [0.4, 0.5) is 4.79 Å². The van der Waals surface area contributed by atoms with Gasteiger partial charge in [0.2, 0.25) is 5.43 Å². The van der Waals surface area contributed by atoms with E-state index in [0.717, 1.165) is 53.7 Å². The van der Waals surface area contributed by atoms with E-state index in [1.807, 2.05) is 19.9 Å². The van der Waals surface area contributed by atoms with Crippen LogP contribution in [-0.2, 0) is 11.2 Å². The monoisotopic (exact) mass is 510 g/mol. The number of carboxylic acids is 1. The summed E-state index contributed by atoms with van der Waals surface area (Å²) in [5.41, 5.74) is 2.73. The summed E-state index contributed by atoms with van der Waals surface area (Å²) in [7, 11) is 1.57. The largest absolute Gasteiger partial charge is 0.494 e. The minimum atomic E-state index is -1.26. The van der Waals surface area contributed by atoms with Crippen LogP contribution in [0.3, 0.4) is 0 Å². The number of hydrogen-bond acceptors (Lipinski definition) is 6. The fourth-order valence-electron chi connectivity index (χ4n) is 4.94. The first kappa shape index (κ1) is 24.4. The fourth-order valence-corrected chi connectivity index (χ4v) is 6.27. The number of carbonyl (C=O) groups is 2. The maximum Gasteiger partial charge on any atom is 0.407 e. The Morgan fingerprint density at radius 1 is 1.22 bits per heavy atom. The molecule has 2 aliphatic rings. The Kier molecular flexibility index (Phi) is 6.51. The number of alkyl carbamates (subject to hydrolysis) is 1. The number of aromatic carboxylic acids is 1. The van der Waals surface area contributed by atoms with Gasteiger partial charge in [0.15, 0.2) is 5.75 Å². The number of H-pyrrole nitrogens is 1. The summed E-state index contributed by atoms with van der Waals surface area (Å²) in [5.74, 6) is -0.150. The van der Waals surface area contributed by atoms with E-state index in [0.29, 0.717) is 29.2 Å². The van der Waals surface area contributed by atoms with Crippen molar-refractivity contribution >= 4 is 34.3 Å². The van der Waals surface area contributed by atoms with Crippen LogP contribution in [0.1, 0.15) is 77.9 Å². The Morgan fingerprint density at radius 2 is 2.00 bits per heavy atom. The predicted molar refractivity (Wildman–Crippen MR) is 138 cm³/mol. The van der Waals surface area contributed by atoms with Crippen LogP contribution < -0.4 is 15.5 Å². The van der Waals surface area contributed by atoms with Gasteiger partial charge in [-0.25, -0.2) is 9.59 Å². The molecule has 0 radical (unpaired) electrons. The average Bonchev–Trinajstić information content (AvgIpc) is 3.60.